The van der Waals surface area contributed by atoms with Gasteiger partial charge in [0, 0.05) is 0 Å². The topological polar surface area (TPSA) is 61.3 Å². The van der Waals surface area contributed by atoms with Gasteiger partial charge in [-0.1, -0.05) is 0 Å². The van der Waals surface area contributed by atoms with Gasteiger partial charge in [0.05, 0.1) is 20.4 Å². The first-order valence-corrected chi connectivity index (χ1v) is 3.96. The van der Waals surface area contributed by atoms with E-state index in [9.17, 15) is 18.0 Å². The smallest absolute Gasteiger partial charge is 0.438 e. The lowest BCUT2D eigenvalue weighted by molar-refractivity contribution is -0.142. The average Bonchev–Trinajstić information content (AvgIpc) is 2.26. The first kappa shape index (κ1) is 12.2. The van der Waals surface area contributed by atoms with Gasteiger partial charge in [-0.2, -0.15) is 13.2 Å². The second kappa shape index (κ2) is 4.33. The van der Waals surface area contributed by atoms with Crippen LogP contribution in [-0.2, 0) is 10.9 Å². The van der Waals surface area contributed by atoms with Crippen molar-refractivity contribution in [2.45, 2.75) is 6.18 Å². The molecule has 1 aromatic rings. The van der Waals surface area contributed by atoms with Crippen LogP contribution in [0.25, 0.3) is 0 Å². The molecular formula is C8H7F3N2O3. The third-order valence-electron chi connectivity index (χ3n) is 1.60. The molecule has 0 amide bonds. The molecule has 0 unspecified atom stereocenters. The van der Waals surface area contributed by atoms with Gasteiger partial charge < -0.3 is 9.47 Å². The second-order valence-electron chi connectivity index (χ2n) is 2.60. The zero-order valence-corrected chi connectivity index (χ0v) is 8.33. The summed E-state index contributed by atoms with van der Waals surface area (Å²) in [6.45, 7) is 0. The highest BCUT2D eigenvalue weighted by Crippen LogP contribution is 2.33. The zero-order valence-electron chi connectivity index (χ0n) is 8.33. The maximum Gasteiger partial charge on any atom is 0.438 e. The molecular weight excluding hydrogens is 229 g/mol. The van der Waals surface area contributed by atoms with Crippen molar-refractivity contribution >= 4 is 5.97 Å². The summed E-state index contributed by atoms with van der Waals surface area (Å²) in [6, 6.07) is 0. The molecule has 0 aliphatic carbocycles. The highest BCUT2D eigenvalue weighted by molar-refractivity contribution is 5.86. The predicted molar refractivity (Wildman–Crippen MR) is 44.9 cm³/mol. The van der Waals surface area contributed by atoms with E-state index in [0.29, 0.717) is 0 Å². The van der Waals surface area contributed by atoms with Crippen LogP contribution in [0.1, 0.15) is 16.2 Å². The van der Waals surface area contributed by atoms with Crippen molar-refractivity contribution in [3.05, 3.63) is 17.6 Å². The molecule has 8 heteroatoms. The average molecular weight is 236 g/mol. The number of aromatic nitrogens is 2. The van der Waals surface area contributed by atoms with E-state index in [2.05, 4.69) is 19.4 Å². The van der Waals surface area contributed by atoms with Crippen molar-refractivity contribution in [1.29, 1.82) is 0 Å². The summed E-state index contributed by atoms with van der Waals surface area (Å²) >= 11 is 0. The van der Waals surface area contributed by atoms with Gasteiger partial charge in [0.15, 0.2) is 5.69 Å². The van der Waals surface area contributed by atoms with Gasteiger partial charge in [0.2, 0.25) is 11.6 Å². The molecule has 88 valence electrons. The maximum atomic E-state index is 12.4. The van der Waals surface area contributed by atoms with Crippen LogP contribution < -0.4 is 4.74 Å². The molecule has 0 saturated heterocycles. The van der Waals surface area contributed by atoms with E-state index < -0.39 is 29.4 Å². The van der Waals surface area contributed by atoms with Gasteiger partial charge in [-0.25, -0.2) is 14.8 Å². The normalized spacial score (nSPS) is 11.1. The lowest BCUT2D eigenvalue weighted by Crippen LogP contribution is -2.15. The molecule has 16 heavy (non-hydrogen) atoms. The maximum absolute atomic E-state index is 12.4. The van der Waals surface area contributed by atoms with Crippen LogP contribution in [-0.4, -0.2) is 30.2 Å². The molecule has 0 saturated carbocycles. The van der Waals surface area contributed by atoms with Crippen LogP contribution in [0.2, 0.25) is 0 Å². The van der Waals surface area contributed by atoms with E-state index in [4.69, 9.17) is 0 Å². The molecule has 0 aromatic carbocycles. The van der Waals surface area contributed by atoms with Crippen LogP contribution in [0.4, 0.5) is 13.2 Å². The summed E-state index contributed by atoms with van der Waals surface area (Å²) < 4.78 is 46.0. The van der Waals surface area contributed by atoms with Crippen molar-refractivity contribution in [2.24, 2.45) is 0 Å². The Morgan fingerprint density at radius 2 is 2.00 bits per heavy atom. The van der Waals surface area contributed by atoms with Crippen molar-refractivity contribution < 1.29 is 27.4 Å². The largest absolute Gasteiger partial charge is 0.479 e. The van der Waals surface area contributed by atoms with Crippen LogP contribution in [0.15, 0.2) is 6.20 Å². The number of hydrogen-bond acceptors (Lipinski definition) is 5. The van der Waals surface area contributed by atoms with E-state index in [0.717, 1.165) is 20.4 Å². The lowest BCUT2D eigenvalue weighted by Gasteiger charge is -2.10. The summed E-state index contributed by atoms with van der Waals surface area (Å²) in [5.41, 5.74) is -1.89. The van der Waals surface area contributed by atoms with Gasteiger partial charge >= 0.3 is 12.1 Å². The van der Waals surface area contributed by atoms with Crippen molar-refractivity contribution in [3.63, 3.8) is 0 Å². The fourth-order valence-electron chi connectivity index (χ4n) is 0.915. The molecule has 1 rings (SSSR count). The Morgan fingerprint density at radius 1 is 1.38 bits per heavy atom. The molecule has 0 fully saturated rings. The molecule has 0 bridgehead atoms. The zero-order chi connectivity index (χ0) is 12.3. The van der Waals surface area contributed by atoms with Gasteiger partial charge in [-0.15, -0.1) is 0 Å². The summed E-state index contributed by atoms with van der Waals surface area (Å²) in [5.74, 6) is -1.69. The molecule has 1 heterocycles. The Labute approximate surface area is 88.2 Å². The number of esters is 1. The van der Waals surface area contributed by atoms with E-state index in [1.807, 2.05) is 0 Å². The van der Waals surface area contributed by atoms with E-state index in [-0.39, 0.29) is 0 Å². The van der Waals surface area contributed by atoms with Gasteiger partial charge in [0.25, 0.3) is 0 Å². The fraction of sp³-hybridized carbons (Fsp3) is 0.375. The van der Waals surface area contributed by atoms with E-state index in [1.165, 1.54) is 0 Å². The van der Waals surface area contributed by atoms with Crippen LogP contribution in [0, 0.1) is 0 Å². The first-order valence-electron chi connectivity index (χ1n) is 3.96. The molecule has 1 aromatic heterocycles. The van der Waals surface area contributed by atoms with Gasteiger partial charge in [0.1, 0.15) is 0 Å². The van der Waals surface area contributed by atoms with Crippen molar-refractivity contribution in [3.8, 4) is 5.88 Å². The summed E-state index contributed by atoms with van der Waals surface area (Å²) in [5, 5.41) is 0. The Hall–Kier alpha value is -1.86. The first-order chi connectivity index (χ1) is 7.40. The summed E-state index contributed by atoms with van der Waals surface area (Å²) in [4.78, 5) is 17.4. The molecule has 5 nitrogen and oxygen atoms in total. The van der Waals surface area contributed by atoms with Crippen LogP contribution >= 0.6 is 0 Å². The minimum Gasteiger partial charge on any atom is -0.479 e. The Kier molecular flexibility index (Phi) is 3.31. The predicted octanol–water partition coefficient (Wildman–Crippen LogP) is 1.29. The highest BCUT2D eigenvalue weighted by atomic mass is 19.4. The molecule has 0 atom stereocenters. The number of ether oxygens (including phenoxy) is 2. The number of hydrogen-bond donors (Lipinski definition) is 0. The Morgan fingerprint density at radius 3 is 2.44 bits per heavy atom. The van der Waals surface area contributed by atoms with Crippen molar-refractivity contribution in [2.75, 3.05) is 14.2 Å². The monoisotopic (exact) mass is 236 g/mol. The van der Waals surface area contributed by atoms with Crippen LogP contribution in [0.3, 0.4) is 0 Å². The minimum atomic E-state index is -4.75. The molecule has 0 aliphatic rings. The third-order valence-corrected chi connectivity index (χ3v) is 1.60. The van der Waals surface area contributed by atoms with E-state index >= 15 is 0 Å². The number of alkyl halides is 3. The molecule has 0 N–H and O–H groups in total. The molecule has 0 spiro atoms. The number of halogens is 3. The Balaban J connectivity index is 3.27. The minimum absolute atomic E-state index is 0.532. The number of carbonyl (C=O) groups excluding carboxylic acids is 1. The van der Waals surface area contributed by atoms with Gasteiger partial charge in [-0.3, -0.25) is 0 Å². The molecule has 0 aliphatic heterocycles. The van der Waals surface area contributed by atoms with Crippen LogP contribution in [0.5, 0.6) is 5.88 Å². The van der Waals surface area contributed by atoms with Crippen molar-refractivity contribution in [1.82, 2.24) is 9.97 Å². The third kappa shape index (κ3) is 2.38. The highest BCUT2D eigenvalue weighted by Gasteiger charge is 2.38. The van der Waals surface area contributed by atoms with E-state index in [1.54, 1.807) is 0 Å². The standard InChI is InChI=1S/C8H7F3N2O3/c1-15-6-5(8(9,10)11)13-4(3-12-6)7(14)16-2/h3H,1-2H3. The number of rotatable bonds is 2. The van der Waals surface area contributed by atoms with Gasteiger partial charge in [-0.05, 0) is 0 Å². The number of nitrogens with zero attached hydrogens (tertiary/aromatic N) is 2. The SMILES string of the molecule is COC(=O)c1cnc(OC)c(C(F)(F)F)n1. The molecule has 0 radical (unpaired) electrons. The number of carbonyl (C=O) groups is 1. The summed E-state index contributed by atoms with van der Waals surface area (Å²) in [7, 11) is 2.05. The summed E-state index contributed by atoms with van der Waals surface area (Å²) in [6.07, 6.45) is -3.90. The second-order valence-corrected chi connectivity index (χ2v) is 2.60. The Bertz CT molecular complexity index is 406. The fourth-order valence-corrected chi connectivity index (χ4v) is 0.915. The number of methoxy groups -OCH3 is 2. The quantitative estimate of drug-likeness (QED) is 0.724. The lowest BCUT2D eigenvalue weighted by atomic mass is 10.3.